The van der Waals surface area contributed by atoms with Crippen molar-refractivity contribution in [1.29, 1.82) is 0 Å². The van der Waals surface area contributed by atoms with Crippen molar-refractivity contribution >= 4 is 27.7 Å². The summed E-state index contributed by atoms with van der Waals surface area (Å²) in [6, 6.07) is 3.50. The van der Waals surface area contributed by atoms with Crippen molar-refractivity contribution in [3.8, 4) is 11.5 Å². The summed E-state index contributed by atoms with van der Waals surface area (Å²) in [5, 5.41) is 13.8. The maximum Gasteiger partial charge on any atom is 0.337 e. The normalized spacial score (nSPS) is 22.8. The lowest BCUT2D eigenvalue weighted by atomic mass is 9.68. The number of allylic oxidation sites excluding steroid dienone is 3. The van der Waals surface area contributed by atoms with Crippen LogP contribution in [0, 0.1) is 5.41 Å². The van der Waals surface area contributed by atoms with E-state index in [2.05, 4.69) is 35.1 Å². The molecule has 0 amide bonds. The van der Waals surface area contributed by atoms with Crippen molar-refractivity contribution in [3.05, 3.63) is 44.7 Å². The van der Waals surface area contributed by atoms with Crippen LogP contribution in [0.4, 0.5) is 0 Å². The van der Waals surface area contributed by atoms with Gasteiger partial charge < -0.3 is 19.9 Å². The van der Waals surface area contributed by atoms with Crippen LogP contribution in [0.15, 0.2) is 39.1 Å². The molecular formula is C26H32BrNO5. The van der Waals surface area contributed by atoms with Gasteiger partial charge in [0.25, 0.3) is 0 Å². The van der Waals surface area contributed by atoms with Gasteiger partial charge in [-0.2, -0.15) is 0 Å². The second kappa shape index (κ2) is 9.16. The molecule has 2 aliphatic carbocycles. The number of benzene rings is 1. The molecule has 6 nitrogen and oxygen atoms in total. The van der Waals surface area contributed by atoms with Gasteiger partial charge in [-0.3, -0.25) is 4.79 Å². The van der Waals surface area contributed by atoms with E-state index in [-0.39, 0.29) is 29.0 Å². The number of ketones is 1. The number of hydrogen-bond acceptors (Lipinski definition) is 6. The molecule has 1 heterocycles. The summed E-state index contributed by atoms with van der Waals surface area (Å²) >= 11 is 3.42. The van der Waals surface area contributed by atoms with Gasteiger partial charge in [-0.15, -0.1) is 0 Å². The van der Waals surface area contributed by atoms with E-state index in [1.54, 1.807) is 12.1 Å². The number of phenolic OH excluding ortho intramolecular Hbond substituents is 1. The first kappa shape index (κ1) is 23.9. The number of Topliss-reactive ketones (excluding diaryl/α,β-unsaturated/α-hetero) is 1. The zero-order chi connectivity index (χ0) is 23.9. The molecule has 0 radical (unpaired) electrons. The van der Waals surface area contributed by atoms with E-state index in [0.29, 0.717) is 52.1 Å². The summed E-state index contributed by atoms with van der Waals surface area (Å²) in [6.45, 7) is 8.25. The number of nitrogens with one attached hydrogen (secondary N) is 1. The third-order valence-corrected chi connectivity index (χ3v) is 7.32. The molecule has 4 rings (SSSR count). The summed E-state index contributed by atoms with van der Waals surface area (Å²) in [5.74, 6) is -0.638. The van der Waals surface area contributed by atoms with Crippen LogP contribution >= 0.6 is 15.9 Å². The molecule has 1 fully saturated rings. The average Bonchev–Trinajstić information content (AvgIpc) is 3.22. The smallest absolute Gasteiger partial charge is 0.337 e. The van der Waals surface area contributed by atoms with Crippen molar-refractivity contribution in [1.82, 2.24) is 5.32 Å². The number of dihydropyridines is 1. The molecule has 2 N–H and O–H groups in total. The molecule has 7 heteroatoms. The van der Waals surface area contributed by atoms with Crippen molar-refractivity contribution in [2.45, 2.75) is 78.2 Å². The average molecular weight is 518 g/mol. The summed E-state index contributed by atoms with van der Waals surface area (Å²) in [7, 11) is 0. The minimum absolute atomic E-state index is 0.00405. The van der Waals surface area contributed by atoms with Crippen LogP contribution in [0.25, 0.3) is 0 Å². The predicted octanol–water partition coefficient (Wildman–Crippen LogP) is 5.64. The van der Waals surface area contributed by atoms with E-state index in [1.165, 1.54) is 0 Å². The first-order valence-electron chi connectivity index (χ1n) is 11.7. The molecule has 33 heavy (non-hydrogen) atoms. The number of carbonyl (C=O) groups is 2. The van der Waals surface area contributed by atoms with Crippen LogP contribution in [-0.2, 0) is 14.3 Å². The fraction of sp³-hybridized carbons (Fsp3) is 0.538. The quantitative estimate of drug-likeness (QED) is 0.491. The third-order valence-electron chi connectivity index (χ3n) is 6.72. The third kappa shape index (κ3) is 4.70. The highest BCUT2D eigenvalue weighted by atomic mass is 79.9. The molecular weight excluding hydrogens is 486 g/mol. The van der Waals surface area contributed by atoms with Gasteiger partial charge in [0.05, 0.1) is 16.7 Å². The number of aromatic hydroxyl groups is 1. The first-order chi connectivity index (χ1) is 15.6. The predicted molar refractivity (Wildman–Crippen MR) is 129 cm³/mol. The second-order valence-corrected chi connectivity index (χ2v) is 10.9. The van der Waals surface area contributed by atoms with Crippen molar-refractivity contribution < 1.29 is 24.2 Å². The maximum absolute atomic E-state index is 13.5. The SMILES string of the molecule is CCOc1cc(C2C(C(=O)OC3CCCC3)=C(C)NC3=C2C(=O)CC(C)(C)C3)cc(Br)c1O. The topological polar surface area (TPSA) is 84.9 Å². The van der Waals surface area contributed by atoms with Crippen LogP contribution in [-0.4, -0.2) is 29.6 Å². The largest absolute Gasteiger partial charge is 0.503 e. The Morgan fingerprint density at radius 1 is 1.24 bits per heavy atom. The maximum atomic E-state index is 13.5. The monoisotopic (exact) mass is 517 g/mol. The molecule has 1 unspecified atom stereocenters. The van der Waals surface area contributed by atoms with Gasteiger partial charge in [-0.1, -0.05) is 13.8 Å². The molecule has 1 atom stereocenters. The molecule has 0 aromatic heterocycles. The Hall–Kier alpha value is -2.28. The van der Waals surface area contributed by atoms with E-state index < -0.39 is 5.92 Å². The van der Waals surface area contributed by atoms with Gasteiger partial charge in [0, 0.05) is 29.3 Å². The van der Waals surface area contributed by atoms with Gasteiger partial charge in [0.2, 0.25) is 0 Å². The summed E-state index contributed by atoms with van der Waals surface area (Å²) in [6.07, 6.45) is 4.90. The highest BCUT2D eigenvalue weighted by Crippen LogP contribution is 2.49. The van der Waals surface area contributed by atoms with E-state index in [1.807, 2.05) is 13.8 Å². The molecule has 178 valence electrons. The van der Waals surface area contributed by atoms with Gasteiger partial charge in [0.1, 0.15) is 6.10 Å². The summed E-state index contributed by atoms with van der Waals surface area (Å²) < 4.78 is 12.0. The van der Waals surface area contributed by atoms with Crippen LogP contribution in [0.5, 0.6) is 11.5 Å². The minimum Gasteiger partial charge on any atom is -0.503 e. The highest BCUT2D eigenvalue weighted by Gasteiger charge is 2.44. The summed E-state index contributed by atoms with van der Waals surface area (Å²) in [4.78, 5) is 26.9. The molecule has 1 aliphatic heterocycles. The fourth-order valence-electron chi connectivity index (χ4n) is 5.29. The Balaban J connectivity index is 1.84. The Kier molecular flexibility index (Phi) is 6.63. The fourth-order valence-corrected chi connectivity index (χ4v) is 5.75. The van der Waals surface area contributed by atoms with Crippen LogP contribution in [0.2, 0.25) is 0 Å². The molecule has 3 aliphatic rings. The van der Waals surface area contributed by atoms with Crippen LogP contribution < -0.4 is 10.1 Å². The molecule has 0 spiro atoms. The number of hydrogen-bond donors (Lipinski definition) is 2. The lowest BCUT2D eigenvalue weighted by Crippen LogP contribution is -2.39. The standard InChI is InChI=1S/C26H32BrNO5/c1-5-32-20-11-15(10-17(27)24(20)30)22-21(25(31)33-16-8-6-7-9-16)14(2)28-18-12-26(3,4)13-19(29)23(18)22/h10-11,16,22,28,30H,5-9,12-13H2,1-4H3. The Bertz CT molecular complexity index is 1050. The van der Waals surface area contributed by atoms with E-state index in [4.69, 9.17) is 9.47 Å². The van der Waals surface area contributed by atoms with Gasteiger partial charge in [-0.05, 0) is 85.0 Å². The summed E-state index contributed by atoms with van der Waals surface area (Å²) in [5.41, 5.74) is 3.17. The van der Waals surface area contributed by atoms with E-state index in [0.717, 1.165) is 31.4 Å². The lowest BCUT2D eigenvalue weighted by molar-refractivity contribution is -0.144. The number of phenols is 1. The molecule has 0 saturated heterocycles. The number of halogens is 1. The Labute approximate surface area is 203 Å². The lowest BCUT2D eigenvalue weighted by Gasteiger charge is -2.39. The van der Waals surface area contributed by atoms with Gasteiger partial charge >= 0.3 is 5.97 Å². The minimum atomic E-state index is -0.588. The molecule has 1 aromatic rings. The number of carbonyl (C=O) groups excluding carboxylic acids is 2. The Morgan fingerprint density at radius 2 is 1.94 bits per heavy atom. The molecule has 0 bridgehead atoms. The van der Waals surface area contributed by atoms with Crippen molar-refractivity contribution in [2.75, 3.05) is 6.61 Å². The van der Waals surface area contributed by atoms with E-state index in [9.17, 15) is 14.7 Å². The molecule has 1 saturated carbocycles. The number of esters is 1. The van der Waals surface area contributed by atoms with Gasteiger partial charge in [-0.25, -0.2) is 4.79 Å². The number of rotatable bonds is 5. The Morgan fingerprint density at radius 3 is 2.61 bits per heavy atom. The highest BCUT2D eigenvalue weighted by molar-refractivity contribution is 9.10. The van der Waals surface area contributed by atoms with Gasteiger partial charge in [0.15, 0.2) is 17.3 Å². The van der Waals surface area contributed by atoms with Crippen LogP contribution in [0.1, 0.15) is 77.7 Å². The first-order valence-corrected chi connectivity index (χ1v) is 12.5. The zero-order valence-corrected chi connectivity index (χ0v) is 21.3. The van der Waals surface area contributed by atoms with E-state index >= 15 is 0 Å². The van der Waals surface area contributed by atoms with Crippen molar-refractivity contribution in [2.24, 2.45) is 5.41 Å². The van der Waals surface area contributed by atoms with Crippen molar-refractivity contribution in [3.63, 3.8) is 0 Å². The number of ether oxygens (including phenoxy) is 2. The second-order valence-electron chi connectivity index (χ2n) is 10.0. The van der Waals surface area contributed by atoms with Crippen LogP contribution in [0.3, 0.4) is 0 Å². The molecule has 1 aromatic carbocycles. The zero-order valence-electron chi connectivity index (χ0n) is 19.7.